The Balaban J connectivity index is 1.84. The molecule has 0 saturated carbocycles. The lowest BCUT2D eigenvalue weighted by Crippen LogP contribution is -2.47. The number of H-pyrrole nitrogens is 1. The number of benzene rings is 1. The van der Waals surface area contributed by atoms with Crippen LogP contribution < -0.4 is 0 Å². The van der Waals surface area contributed by atoms with Gasteiger partial charge in [0.25, 0.3) is 0 Å². The van der Waals surface area contributed by atoms with Crippen molar-refractivity contribution in [1.29, 1.82) is 0 Å². The summed E-state index contributed by atoms with van der Waals surface area (Å²) in [6.07, 6.45) is 3.95. The van der Waals surface area contributed by atoms with Gasteiger partial charge in [0.15, 0.2) is 0 Å². The van der Waals surface area contributed by atoms with Crippen molar-refractivity contribution in [3.05, 3.63) is 36.0 Å². The molecule has 0 radical (unpaired) electrons. The van der Waals surface area contributed by atoms with E-state index in [1.807, 2.05) is 29.3 Å². The number of carbonyl (C=O) groups is 2. The predicted molar refractivity (Wildman–Crippen MR) is 102 cm³/mol. The van der Waals surface area contributed by atoms with Gasteiger partial charge in [0, 0.05) is 29.6 Å². The molecule has 0 spiro atoms. The fourth-order valence-electron chi connectivity index (χ4n) is 4.02. The number of para-hydroxylation sites is 1. The highest BCUT2D eigenvalue weighted by Crippen LogP contribution is 2.35. The quantitative estimate of drug-likeness (QED) is 0.794. The molecule has 2 aromatic rings. The molecule has 2 heterocycles. The second-order valence-corrected chi connectivity index (χ2v) is 7.17. The van der Waals surface area contributed by atoms with E-state index >= 15 is 0 Å². The van der Waals surface area contributed by atoms with Crippen molar-refractivity contribution < 1.29 is 14.3 Å². The van der Waals surface area contributed by atoms with Gasteiger partial charge in [-0.05, 0) is 37.8 Å². The highest BCUT2D eigenvalue weighted by atomic mass is 16.5. The number of amides is 1. The highest BCUT2D eigenvalue weighted by Gasteiger charge is 2.37. The van der Waals surface area contributed by atoms with Crippen LogP contribution in [0.2, 0.25) is 0 Å². The van der Waals surface area contributed by atoms with Crippen molar-refractivity contribution in [1.82, 2.24) is 9.88 Å². The molecule has 3 rings (SSSR count). The molecule has 1 aliphatic heterocycles. The maximum absolute atomic E-state index is 13.1. The number of hydrogen-bond acceptors (Lipinski definition) is 3. The van der Waals surface area contributed by atoms with Crippen LogP contribution in [0.15, 0.2) is 30.5 Å². The molecule has 0 bridgehead atoms. The highest BCUT2D eigenvalue weighted by molar-refractivity contribution is 5.87. The van der Waals surface area contributed by atoms with Crippen molar-refractivity contribution >= 4 is 22.8 Å². The summed E-state index contributed by atoms with van der Waals surface area (Å²) in [6, 6.07) is 8.12. The van der Waals surface area contributed by atoms with Gasteiger partial charge in [0.1, 0.15) is 0 Å². The minimum atomic E-state index is -0.277. The first kappa shape index (κ1) is 18.5. The van der Waals surface area contributed by atoms with E-state index in [1.165, 1.54) is 0 Å². The standard InChI is InChI=1S/C21H28N2O3/c1-4-15-10-16(11-20(24)26-5-2)21(25)23(13-15)14(3)18-12-22-19-9-7-6-8-17(18)19/h6-9,12,14-16,22H,4-5,10-11,13H2,1-3H3/t14?,15-,16+/m0/s1. The van der Waals surface area contributed by atoms with Gasteiger partial charge in [0.05, 0.1) is 19.1 Å². The summed E-state index contributed by atoms with van der Waals surface area (Å²) >= 11 is 0. The summed E-state index contributed by atoms with van der Waals surface area (Å²) < 4.78 is 5.07. The Hall–Kier alpha value is -2.30. The van der Waals surface area contributed by atoms with Crippen molar-refractivity contribution in [2.45, 2.75) is 46.1 Å². The topological polar surface area (TPSA) is 62.4 Å². The molecular formula is C21H28N2O3. The Morgan fingerprint density at radius 3 is 2.85 bits per heavy atom. The molecule has 5 heteroatoms. The predicted octanol–water partition coefficient (Wildman–Crippen LogP) is 4.06. The molecule has 1 saturated heterocycles. The van der Waals surface area contributed by atoms with E-state index in [-0.39, 0.29) is 30.3 Å². The minimum absolute atomic E-state index is 0.0299. The number of rotatable bonds is 6. The second kappa shape index (κ2) is 7.94. The lowest BCUT2D eigenvalue weighted by molar-refractivity contribution is -0.152. The zero-order valence-electron chi connectivity index (χ0n) is 15.8. The lowest BCUT2D eigenvalue weighted by Gasteiger charge is -2.40. The number of likely N-dealkylation sites (tertiary alicyclic amines) is 1. The van der Waals surface area contributed by atoms with E-state index in [0.717, 1.165) is 35.9 Å². The van der Waals surface area contributed by atoms with E-state index in [1.54, 1.807) is 6.92 Å². The molecule has 1 aromatic heterocycles. The molecule has 1 aliphatic rings. The largest absolute Gasteiger partial charge is 0.466 e. The van der Waals surface area contributed by atoms with Crippen molar-refractivity contribution in [2.24, 2.45) is 11.8 Å². The number of piperidine rings is 1. The summed E-state index contributed by atoms with van der Waals surface area (Å²) in [5, 5.41) is 1.15. The number of ether oxygens (including phenoxy) is 1. The molecule has 1 unspecified atom stereocenters. The van der Waals surface area contributed by atoms with E-state index < -0.39 is 0 Å². The Bertz CT molecular complexity index is 782. The van der Waals surface area contributed by atoms with Gasteiger partial charge in [-0.25, -0.2) is 0 Å². The van der Waals surface area contributed by atoms with Crippen LogP contribution in [0.1, 0.15) is 51.6 Å². The Labute approximate surface area is 154 Å². The molecule has 1 fully saturated rings. The molecule has 1 aromatic carbocycles. The number of fused-ring (bicyclic) bond motifs is 1. The van der Waals surface area contributed by atoms with Crippen LogP contribution in [0.3, 0.4) is 0 Å². The first-order chi connectivity index (χ1) is 12.5. The molecule has 26 heavy (non-hydrogen) atoms. The number of carbonyl (C=O) groups excluding carboxylic acids is 2. The normalized spacial score (nSPS) is 21.8. The van der Waals surface area contributed by atoms with Crippen LogP contribution in [-0.4, -0.2) is 34.9 Å². The van der Waals surface area contributed by atoms with E-state index in [9.17, 15) is 9.59 Å². The van der Waals surface area contributed by atoms with Gasteiger partial charge in [-0.15, -0.1) is 0 Å². The SMILES string of the molecule is CCOC(=O)C[C@H]1C[C@H](CC)CN(C(C)c2c[nH]c3ccccc23)C1=O. The van der Waals surface area contributed by atoms with E-state index in [0.29, 0.717) is 12.5 Å². The summed E-state index contributed by atoms with van der Waals surface area (Å²) in [4.78, 5) is 30.3. The number of nitrogens with zero attached hydrogens (tertiary/aromatic N) is 1. The van der Waals surface area contributed by atoms with Crippen molar-refractivity contribution in [3.63, 3.8) is 0 Å². The van der Waals surface area contributed by atoms with Crippen LogP contribution in [0.4, 0.5) is 0 Å². The number of esters is 1. The van der Waals surface area contributed by atoms with Crippen molar-refractivity contribution in [2.75, 3.05) is 13.2 Å². The third-order valence-electron chi connectivity index (χ3n) is 5.54. The van der Waals surface area contributed by atoms with Gasteiger partial charge in [-0.2, -0.15) is 0 Å². The fraction of sp³-hybridized carbons (Fsp3) is 0.524. The first-order valence-electron chi connectivity index (χ1n) is 9.57. The number of aromatic nitrogens is 1. The second-order valence-electron chi connectivity index (χ2n) is 7.17. The smallest absolute Gasteiger partial charge is 0.306 e. The molecular weight excluding hydrogens is 328 g/mol. The molecule has 1 amide bonds. The average Bonchev–Trinajstić information content (AvgIpc) is 3.07. The van der Waals surface area contributed by atoms with E-state index in [4.69, 9.17) is 4.74 Å². The van der Waals surface area contributed by atoms with Crippen LogP contribution in [0.5, 0.6) is 0 Å². The third kappa shape index (κ3) is 3.62. The van der Waals surface area contributed by atoms with Gasteiger partial charge in [-0.1, -0.05) is 31.5 Å². The summed E-state index contributed by atoms with van der Waals surface area (Å²) in [6.45, 7) is 7.12. The molecule has 1 N–H and O–H groups in total. The Morgan fingerprint density at radius 1 is 1.35 bits per heavy atom. The number of nitrogens with one attached hydrogen (secondary N) is 1. The van der Waals surface area contributed by atoms with Crippen LogP contribution in [-0.2, 0) is 14.3 Å². The first-order valence-corrected chi connectivity index (χ1v) is 9.57. The van der Waals surface area contributed by atoms with E-state index in [2.05, 4.69) is 24.9 Å². The molecule has 0 aliphatic carbocycles. The van der Waals surface area contributed by atoms with Gasteiger partial charge in [-0.3, -0.25) is 9.59 Å². The zero-order chi connectivity index (χ0) is 18.7. The van der Waals surface area contributed by atoms with Gasteiger partial charge >= 0.3 is 5.97 Å². The van der Waals surface area contributed by atoms with Gasteiger partial charge < -0.3 is 14.6 Å². The Morgan fingerprint density at radius 2 is 2.12 bits per heavy atom. The van der Waals surface area contributed by atoms with Crippen LogP contribution in [0, 0.1) is 11.8 Å². The molecule has 5 nitrogen and oxygen atoms in total. The van der Waals surface area contributed by atoms with Crippen molar-refractivity contribution in [3.8, 4) is 0 Å². The third-order valence-corrected chi connectivity index (χ3v) is 5.54. The number of aromatic amines is 1. The lowest BCUT2D eigenvalue weighted by atomic mass is 9.84. The maximum atomic E-state index is 13.1. The fourth-order valence-corrected chi connectivity index (χ4v) is 4.02. The monoisotopic (exact) mass is 356 g/mol. The minimum Gasteiger partial charge on any atom is -0.466 e. The molecule has 3 atom stereocenters. The summed E-state index contributed by atoms with van der Waals surface area (Å²) in [7, 11) is 0. The zero-order valence-corrected chi connectivity index (χ0v) is 15.8. The van der Waals surface area contributed by atoms with Gasteiger partial charge in [0.2, 0.25) is 5.91 Å². The van der Waals surface area contributed by atoms with Crippen LogP contribution in [0.25, 0.3) is 10.9 Å². The van der Waals surface area contributed by atoms with Crippen LogP contribution >= 0.6 is 0 Å². The summed E-state index contributed by atoms with van der Waals surface area (Å²) in [5.41, 5.74) is 2.20. The Kier molecular flexibility index (Phi) is 5.64. The molecule has 140 valence electrons. The average molecular weight is 356 g/mol. The maximum Gasteiger partial charge on any atom is 0.306 e. The number of hydrogen-bond donors (Lipinski definition) is 1. The summed E-state index contributed by atoms with van der Waals surface area (Å²) in [5.74, 6) is -0.0666.